The molecule has 1 atom stereocenters. The van der Waals surface area contributed by atoms with Crippen LogP contribution in [0.4, 0.5) is 0 Å². The zero-order valence-electron chi connectivity index (χ0n) is 13.9. The van der Waals surface area contributed by atoms with Crippen molar-refractivity contribution < 1.29 is 20.9 Å². The maximum Gasteiger partial charge on any atom is 0.320 e. The van der Waals surface area contributed by atoms with Gasteiger partial charge in [0.25, 0.3) is 0 Å². The van der Waals surface area contributed by atoms with Crippen molar-refractivity contribution in [3.05, 3.63) is 35.8 Å². The predicted octanol–water partition coefficient (Wildman–Crippen LogP) is 0.641. The van der Waals surface area contributed by atoms with E-state index in [0.29, 0.717) is 0 Å². The van der Waals surface area contributed by atoms with Crippen LogP contribution in [0.3, 0.4) is 0 Å². The van der Waals surface area contributed by atoms with Gasteiger partial charge >= 0.3 is 5.97 Å². The molecule has 0 spiro atoms. The van der Waals surface area contributed by atoms with Gasteiger partial charge in [-0.2, -0.15) is 0 Å². The zero-order chi connectivity index (χ0) is 16.0. The van der Waals surface area contributed by atoms with Crippen LogP contribution in [-0.4, -0.2) is 17.1 Å². The van der Waals surface area contributed by atoms with Crippen molar-refractivity contribution in [2.75, 3.05) is 0 Å². The van der Waals surface area contributed by atoms with Gasteiger partial charge in [0.15, 0.2) is 0 Å². The third kappa shape index (κ3) is 2.36. The van der Waals surface area contributed by atoms with E-state index in [-0.39, 0.29) is 0 Å². The van der Waals surface area contributed by atoms with Gasteiger partial charge in [0.2, 0.25) is 0 Å². The van der Waals surface area contributed by atoms with Crippen LogP contribution in [0, 0.1) is 0 Å². The van der Waals surface area contributed by atoms with Crippen LogP contribution in [0.2, 0.25) is 0 Å². The van der Waals surface area contributed by atoms with Gasteiger partial charge < -0.3 is 10.8 Å². The number of hydrogen-bond donors (Lipinski definition) is 2. The van der Waals surface area contributed by atoms with Crippen molar-refractivity contribution in [3.8, 4) is 0 Å². The average Bonchev–Trinajstić information content (AvgIpc) is 2.33. The first-order valence-electron chi connectivity index (χ1n) is 6.97. The Bertz CT molecular complexity index is 557. The second-order valence-electron chi connectivity index (χ2n) is 1.84. The smallest absolute Gasteiger partial charge is 0.320 e. The molecule has 0 aliphatic rings. The summed E-state index contributed by atoms with van der Waals surface area (Å²) >= 11 is 0. The number of benzene rings is 1. The minimum atomic E-state index is -3.21. The Morgan fingerprint density at radius 3 is 2.83 bits per heavy atom. The van der Waals surface area contributed by atoms with Crippen molar-refractivity contribution >= 4 is 5.97 Å². The molecule has 0 amide bonds. The van der Waals surface area contributed by atoms with E-state index in [0.717, 1.165) is 0 Å². The Morgan fingerprint density at radius 1 is 1.75 bits per heavy atom. The Morgan fingerprint density at radius 2 is 2.33 bits per heavy atom. The van der Waals surface area contributed by atoms with Gasteiger partial charge in [0, 0.05) is 2.74 Å². The van der Waals surface area contributed by atoms with Crippen molar-refractivity contribution in [2.45, 2.75) is 12.4 Å². The summed E-state index contributed by atoms with van der Waals surface area (Å²) < 4.78 is 60.0. The summed E-state index contributed by atoms with van der Waals surface area (Å²) in [6.45, 7) is 0. The summed E-state index contributed by atoms with van der Waals surface area (Å²) in [6, 6.07) is -7.46. The predicted molar refractivity (Wildman–Crippen MR) is 45.8 cm³/mol. The summed E-state index contributed by atoms with van der Waals surface area (Å²) in [5.74, 6) is -2.02. The summed E-state index contributed by atoms with van der Waals surface area (Å²) in [7, 11) is 0. The van der Waals surface area contributed by atoms with Gasteiger partial charge in [0.1, 0.15) is 6.02 Å². The lowest BCUT2D eigenvalue weighted by Crippen LogP contribution is -2.32. The first-order valence-corrected chi connectivity index (χ1v) is 2.97. The van der Waals surface area contributed by atoms with Crippen molar-refractivity contribution in [1.82, 2.24) is 0 Å². The number of aliphatic carboxylic acids is 1. The Hall–Kier alpha value is -1.35. The van der Waals surface area contributed by atoms with Crippen LogP contribution < -0.4 is 5.73 Å². The largest absolute Gasteiger partial charge is 0.480 e. The summed E-state index contributed by atoms with van der Waals surface area (Å²) in [4.78, 5) is 10.9. The van der Waals surface area contributed by atoms with Crippen molar-refractivity contribution in [2.24, 2.45) is 5.73 Å². The highest BCUT2D eigenvalue weighted by Gasteiger charge is 2.10. The van der Waals surface area contributed by atoms with Crippen LogP contribution in [0.15, 0.2) is 30.2 Å². The molecule has 1 rings (SSSR count). The molecule has 0 bridgehead atoms. The number of carboxylic acid groups (broad SMARTS) is 1. The molecule has 0 saturated carbocycles. The fraction of sp³-hybridized carbons (Fsp3) is 0.222. The Labute approximate surface area is 82.1 Å². The topological polar surface area (TPSA) is 63.3 Å². The lowest BCUT2D eigenvalue weighted by Gasteiger charge is -2.04. The molecule has 0 aliphatic heterocycles. The monoisotopic (exact) mass is 173 g/mol. The molecule has 0 radical (unpaired) electrons. The lowest BCUT2D eigenvalue weighted by atomic mass is 10.1. The molecule has 3 heteroatoms. The number of nitrogens with two attached hydrogens (primary N) is 1. The molecule has 0 saturated heterocycles. The van der Waals surface area contributed by atoms with E-state index in [1.165, 1.54) is 0 Å². The van der Waals surface area contributed by atoms with Gasteiger partial charge in [-0.05, 0) is 11.9 Å². The quantitative estimate of drug-likeness (QED) is 0.705. The third-order valence-electron chi connectivity index (χ3n) is 0.990. The van der Waals surface area contributed by atoms with Crippen LogP contribution in [0.1, 0.15) is 16.5 Å². The van der Waals surface area contributed by atoms with E-state index in [1.807, 2.05) is 0 Å². The number of carbonyl (C=O) groups is 1. The second kappa shape index (κ2) is 3.88. The zero-order valence-corrected chi connectivity index (χ0v) is 5.93. The molecule has 0 fully saturated rings. The van der Waals surface area contributed by atoms with Crippen LogP contribution >= 0.6 is 0 Å². The van der Waals surface area contributed by atoms with E-state index in [9.17, 15) is 4.79 Å². The number of hydrogen-bond acceptors (Lipinski definition) is 2. The molecule has 3 nitrogen and oxygen atoms in total. The summed E-state index contributed by atoms with van der Waals surface area (Å²) in [5.41, 5.74) is 4.15. The third-order valence-corrected chi connectivity index (χ3v) is 0.990. The van der Waals surface area contributed by atoms with E-state index in [2.05, 4.69) is 0 Å². The standard InChI is InChI=1S/C9H11NO2/c10-8(9(11)12)6-7-4-2-1-3-5-7/h1-5,8H,6,10H2,(H,11,12)/t8-/m1/s1/i1D,2D,3D,4D,5D,6D2,8D. The van der Waals surface area contributed by atoms with Gasteiger partial charge in [-0.15, -0.1) is 0 Å². The fourth-order valence-electron chi connectivity index (χ4n) is 0.501. The molecule has 1 aromatic carbocycles. The van der Waals surface area contributed by atoms with Crippen molar-refractivity contribution in [1.29, 1.82) is 0 Å². The highest BCUT2D eigenvalue weighted by Crippen LogP contribution is 2.01. The van der Waals surface area contributed by atoms with E-state index in [1.54, 1.807) is 0 Å². The Kier molecular flexibility index (Phi) is 0.921. The van der Waals surface area contributed by atoms with Gasteiger partial charge in [-0.1, -0.05) is 30.2 Å². The molecule has 12 heavy (non-hydrogen) atoms. The molecule has 64 valence electrons. The average molecular weight is 173 g/mol. The minimum Gasteiger partial charge on any atom is -0.480 e. The minimum absolute atomic E-state index is 0.748. The first-order chi connectivity index (χ1) is 8.87. The van der Waals surface area contributed by atoms with E-state index < -0.39 is 54.1 Å². The van der Waals surface area contributed by atoms with Gasteiger partial charge in [0.05, 0.1) is 8.22 Å². The maximum absolute atomic E-state index is 10.9. The number of rotatable bonds is 3. The molecule has 1 aromatic rings. The molecular formula is C9H11NO2. The van der Waals surface area contributed by atoms with Gasteiger partial charge in [-0.25, -0.2) is 0 Å². The van der Waals surface area contributed by atoms with Crippen LogP contribution in [0.25, 0.3) is 0 Å². The molecule has 0 aliphatic carbocycles. The lowest BCUT2D eigenvalue weighted by molar-refractivity contribution is -0.138. The fourth-order valence-corrected chi connectivity index (χ4v) is 0.501. The summed E-state index contributed by atoms with van der Waals surface area (Å²) in [6.07, 6.45) is -3.19. The SMILES string of the molecule is [2H]c1c([2H])c([2H])c(C([2H])([2H])[C@@]([2H])(N)C(=O)O)c([2H])c1[2H]. The van der Waals surface area contributed by atoms with Crippen LogP contribution in [0.5, 0.6) is 0 Å². The van der Waals surface area contributed by atoms with Crippen LogP contribution in [-0.2, 0) is 11.2 Å². The molecule has 3 N–H and O–H groups in total. The number of carboxylic acids is 1. The highest BCUT2D eigenvalue weighted by molar-refractivity contribution is 5.73. The highest BCUT2D eigenvalue weighted by atomic mass is 16.4. The second-order valence-corrected chi connectivity index (χ2v) is 1.84. The molecular weight excluding hydrogens is 154 g/mol. The summed E-state index contributed by atoms with van der Waals surface area (Å²) in [5, 5.41) is 8.81. The molecule has 0 aromatic heterocycles. The molecule has 0 unspecified atom stereocenters. The van der Waals surface area contributed by atoms with E-state index in [4.69, 9.17) is 21.8 Å². The molecule has 0 heterocycles. The van der Waals surface area contributed by atoms with E-state index >= 15 is 0 Å². The van der Waals surface area contributed by atoms with Crippen molar-refractivity contribution in [3.63, 3.8) is 0 Å². The maximum atomic E-state index is 10.9. The van der Waals surface area contributed by atoms with Gasteiger partial charge in [-0.3, -0.25) is 4.79 Å². The Balaban J connectivity index is 3.76. The first kappa shape index (κ1) is 2.85. The normalized spacial score (nSPS) is 25.8.